The van der Waals surface area contributed by atoms with Gasteiger partial charge in [0.1, 0.15) is 0 Å². The number of fused-ring (bicyclic) bond motifs is 1. The summed E-state index contributed by atoms with van der Waals surface area (Å²) in [5.41, 5.74) is 3.14. The zero-order valence-corrected chi connectivity index (χ0v) is 19.2. The summed E-state index contributed by atoms with van der Waals surface area (Å²) in [6.45, 7) is 6.18. The molecule has 3 heterocycles. The quantitative estimate of drug-likeness (QED) is 0.514. The van der Waals surface area contributed by atoms with Gasteiger partial charge in [0.05, 0.1) is 11.1 Å². The second-order valence-corrected chi connectivity index (χ2v) is 8.03. The van der Waals surface area contributed by atoms with Gasteiger partial charge < -0.3 is 14.5 Å². The molecule has 1 aromatic carbocycles. The van der Waals surface area contributed by atoms with Crippen LogP contribution in [0.4, 0.5) is 5.95 Å². The van der Waals surface area contributed by atoms with Crippen LogP contribution in [0.15, 0.2) is 42.7 Å². The van der Waals surface area contributed by atoms with Crippen molar-refractivity contribution in [1.82, 2.24) is 19.9 Å². The second-order valence-electron chi connectivity index (χ2n) is 8.03. The van der Waals surface area contributed by atoms with Crippen molar-refractivity contribution in [1.29, 1.82) is 0 Å². The lowest BCUT2D eigenvalue weighted by atomic mass is 9.96. The third kappa shape index (κ3) is 4.94. The fraction of sp³-hybridized carbons (Fsp3) is 0.400. The Labute approximate surface area is 193 Å². The molecule has 4 rings (SSSR count). The number of esters is 1. The van der Waals surface area contributed by atoms with Crippen LogP contribution in [0.5, 0.6) is 0 Å². The van der Waals surface area contributed by atoms with Crippen LogP contribution >= 0.6 is 0 Å². The maximum atomic E-state index is 13.2. The van der Waals surface area contributed by atoms with Crippen molar-refractivity contribution in [2.45, 2.75) is 33.1 Å². The summed E-state index contributed by atoms with van der Waals surface area (Å²) in [4.78, 5) is 43.0. The number of ether oxygens (including phenoxy) is 1. The lowest BCUT2D eigenvalue weighted by Gasteiger charge is -2.34. The summed E-state index contributed by atoms with van der Waals surface area (Å²) in [5, 5.41) is 0.767. The molecule has 0 spiro atoms. The maximum Gasteiger partial charge on any atom is 0.339 e. The number of rotatable bonds is 7. The van der Waals surface area contributed by atoms with Crippen molar-refractivity contribution in [2.75, 3.05) is 37.7 Å². The molecule has 0 bridgehead atoms. The van der Waals surface area contributed by atoms with Gasteiger partial charge in [-0.05, 0) is 30.5 Å². The van der Waals surface area contributed by atoms with Gasteiger partial charge in [-0.25, -0.2) is 14.8 Å². The standard InChI is InChI=1S/C25H29N5O3/c1-3-8-20-18(4-2)23(19-9-5-6-10-21(19)28-20)24(32)33-17-22(31)29-13-15-30(16-14-29)25-26-11-7-12-27-25/h5-7,9-12H,3-4,8,13-17H2,1-2H3. The molecule has 3 aromatic rings. The van der Waals surface area contributed by atoms with Crippen LogP contribution < -0.4 is 4.90 Å². The number of pyridine rings is 1. The third-order valence-corrected chi connectivity index (χ3v) is 5.92. The highest BCUT2D eigenvalue weighted by Gasteiger charge is 2.25. The molecule has 8 nitrogen and oxygen atoms in total. The summed E-state index contributed by atoms with van der Waals surface area (Å²) < 4.78 is 5.54. The molecule has 8 heteroatoms. The molecule has 1 amide bonds. The van der Waals surface area contributed by atoms with E-state index in [2.05, 4.69) is 16.9 Å². The first-order valence-corrected chi connectivity index (χ1v) is 11.5. The van der Waals surface area contributed by atoms with E-state index < -0.39 is 5.97 Å². The molecular weight excluding hydrogens is 418 g/mol. The Balaban J connectivity index is 1.44. The van der Waals surface area contributed by atoms with E-state index in [1.54, 1.807) is 23.4 Å². The molecule has 2 aromatic heterocycles. The van der Waals surface area contributed by atoms with Crippen LogP contribution in [-0.2, 0) is 22.4 Å². The van der Waals surface area contributed by atoms with Crippen molar-refractivity contribution in [3.8, 4) is 0 Å². The Bertz CT molecular complexity index is 1130. The van der Waals surface area contributed by atoms with Gasteiger partial charge >= 0.3 is 5.97 Å². The Morgan fingerprint density at radius 2 is 1.73 bits per heavy atom. The molecule has 33 heavy (non-hydrogen) atoms. The highest BCUT2D eigenvalue weighted by molar-refractivity contribution is 6.05. The van der Waals surface area contributed by atoms with Crippen molar-refractivity contribution in [3.05, 3.63) is 59.5 Å². The minimum absolute atomic E-state index is 0.192. The molecule has 0 radical (unpaired) electrons. The summed E-state index contributed by atoms with van der Waals surface area (Å²) in [5.74, 6) is 0.00483. The average molecular weight is 448 g/mol. The molecule has 0 saturated carbocycles. The van der Waals surface area contributed by atoms with E-state index in [0.29, 0.717) is 44.1 Å². The first-order chi connectivity index (χ1) is 16.1. The van der Waals surface area contributed by atoms with Gasteiger partial charge in [-0.1, -0.05) is 38.5 Å². The van der Waals surface area contributed by atoms with Gasteiger partial charge in [0.25, 0.3) is 5.91 Å². The first kappa shape index (κ1) is 22.6. The summed E-state index contributed by atoms with van der Waals surface area (Å²) >= 11 is 0. The molecule has 1 aliphatic rings. The SMILES string of the molecule is CCCc1nc2ccccc2c(C(=O)OCC(=O)N2CCN(c3ncccn3)CC2)c1CC. The lowest BCUT2D eigenvalue weighted by molar-refractivity contribution is -0.134. The van der Waals surface area contributed by atoms with Crippen molar-refractivity contribution >= 4 is 28.7 Å². The van der Waals surface area contributed by atoms with Gasteiger partial charge in [-0.15, -0.1) is 0 Å². The predicted octanol–water partition coefficient (Wildman–Crippen LogP) is 3.05. The van der Waals surface area contributed by atoms with Gasteiger partial charge in [0.2, 0.25) is 5.95 Å². The van der Waals surface area contributed by atoms with Crippen LogP contribution in [0.3, 0.4) is 0 Å². The zero-order chi connectivity index (χ0) is 23.2. The van der Waals surface area contributed by atoms with E-state index >= 15 is 0 Å². The molecule has 1 fully saturated rings. The van der Waals surface area contributed by atoms with E-state index in [1.807, 2.05) is 36.1 Å². The fourth-order valence-electron chi connectivity index (χ4n) is 4.26. The number of carbonyl (C=O) groups is 2. The van der Waals surface area contributed by atoms with Gasteiger partial charge in [-0.3, -0.25) is 9.78 Å². The van der Waals surface area contributed by atoms with Crippen LogP contribution in [-0.4, -0.2) is 64.5 Å². The number of aromatic nitrogens is 3. The van der Waals surface area contributed by atoms with Crippen molar-refractivity contribution in [2.24, 2.45) is 0 Å². The number of aryl methyl sites for hydroxylation is 1. The van der Waals surface area contributed by atoms with E-state index in [0.717, 1.165) is 35.0 Å². The molecule has 1 aliphatic heterocycles. The number of amides is 1. The number of anilines is 1. The molecule has 0 atom stereocenters. The monoisotopic (exact) mass is 447 g/mol. The highest BCUT2D eigenvalue weighted by atomic mass is 16.5. The Morgan fingerprint density at radius 3 is 2.42 bits per heavy atom. The minimum atomic E-state index is -0.465. The third-order valence-electron chi connectivity index (χ3n) is 5.92. The van der Waals surface area contributed by atoms with E-state index in [-0.39, 0.29) is 12.5 Å². The van der Waals surface area contributed by atoms with E-state index in [1.165, 1.54) is 0 Å². The van der Waals surface area contributed by atoms with Crippen LogP contribution in [0, 0.1) is 0 Å². The van der Waals surface area contributed by atoms with Gasteiger partial charge in [0.15, 0.2) is 6.61 Å². The normalized spacial score (nSPS) is 13.9. The summed E-state index contributed by atoms with van der Waals surface area (Å²) in [7, 11) is 0. The number of piperazine rings is 1. The topological polar surface area (TPSA) is 88.5 Å². The average Bonchev–Trinajstić information content (AvgIpc) is 2.87. The number of carbonyl (C=O) groups excluding carboxylic acids is 2. The smallest absolute Gasteiger partial charge is 0.339 e. The van der Waals surface area contributed by atoms with E-state index in [9.17, 15) is 9.59 Å². The number of benzene rings is 1. The second kappa shape index (κ2) is 10.4. The van der Waals surface area contributed by atoms with Gasteiger partial charge in [0, 0.05) is 49.7 Å². The van der Waals surface area contributed by atoms with Crippen LogP contribution in [0.25, 0.3) is 10.9 Å². The molecular formula is C25H29N5O3. The fourth-order valence-corrected chi connectivity index (χ4v) is 4.26. The number of para-hydroxylation sites is 1. The van der Waals surface area contributed by atoms with E-state index in [4.69, 9.17) is 9.72 Å². The Hall–Kier alpha value is -3.55. The largest absolute Gasteiger partial charge is 0.452 e. The van der Waals surface area contributed by atoms with Crippen LogP contribution in [0.1, 0.15) is 41.9 Å². The molecule has 1 saturated heterocycles. The summed E-state index contributed by atoms with van der Waals surface area (Å²) in [6.07, 6.45) is 5.82. The van der Waals surface area contributed by atoms with Crippen LogP contribution in [0.2, 0.25) is 0 Å². The lowest BCUT2D eigenvalue weighted by Crippen LogP contribution is -2.50. The predicted molar refractivity (Wildman–Crippen MR) is 126 cm³/mol. The molecule has 0 unspecified atom stereocenters. The number of hydrogen-bond donors (Lipinski definition) is 0. The van der Waals surface area contributed by atoms with Crippen molar-refractivity contribution in [3.63, 3.8) is 0 Å². The summed E-state index contributed by atoms with van der Waals surface area (Å²) in [6, 6.07) is 9.38. The number of hydrogen-bond acceptors (Lipinski definition) is 7. The van der Waals surface area contributed by atoms with Gasteiger partial charge in [-0.2, -0.15) is 0 Å². The molecule has 0 aliphatic carbocycles. The Kier molecular flexibility index (Phi) is 7.12. The maximum absolute atomic E-state index is 13.2. The first-order valence-electron chi connectivity index (χ1n) is 11.5. The molecule has 0 N–H and O–H groups in total. The molecule has 172 valence electrons. The highest BCUT2D eigenvalue weighted by Crippen LogP contribution is 2.26. The Morgan fingerprint density at radius 1 is 1.00 bits per heavy atom. The van der Waals surface area contributed by atoms with Crippen molar-refractivity contribution < 1.29 is 14.3 Å². The number of nitrogens with zero attached hydrogens (tertiary/aromatic N) is 5. The zero-order valence-electron chi connectivity index (χ0n) is 19.2. The minimum Gasteiger partial charge on any atom is -0.452 e.